The van der Waals surface area contributed by atoms with Gasteiger partial charge in [-0.2, -0.15) is 0 Å². The molecule has 0 bridgehead atoms. The highest BCUT2D eigenvalue weighted by molar-refractivity contribution is 7.89. The maximum Gasteiger partial charge on any atom is 0.220 e. The second-order valence-corrected chi connectivity index (χ2v) is 9.19. The molecule has 0 saturated heterocycles. The maximum atomic E-state index is 13.6. The zero-order valence-corrected chi connectivity index (χ0v) is 17.2. The molecule has 0 heterocycles. The summed E-state index contributed by atoms with van der Waals surface area (Å²) >= 11 is 0. The topological polar surface area (TPSA) is 99.7 Å². The number of hydrogen-bond acceptors (Lipinski definition) is 4. The largest absolute Gasteiger partial charge is 0.357 e. The highest BCUT2D eigenvalue weighted by Gasteiger charge is 2.22. The molecule has 0 radical (unpaired) electrons. The van der Waals surface area contributed by atoms with E-state index in [4.69, 9.17) is 0 Å². The molecule has 3 N–H and O–H groups in total. The lowest BCUT2D eigenvalue weighted by molar-refractivity contribution is -0.121. The van der Waals surface area contributed by atoms with E-state index in [0.717, 1.165) is 19.1 Å². The van der Waals surface area contributed by atoms with Crippen LogP contribution in [0.1, 0.15) is 43.7 Å². The molecule has 0 atom stereocenters. The van der Waals surface area contributed by atoms with Crippen molar-refractivity contribution in [2.45, 2.75) is 50.9 Å². The van der Waals surface area contributed by atoms with E-state index in [1.54, 1.807) is 0 Å². The molecule has 156 valence electrons. The first-order valence-electron chi connectivity index (χ1n) is 9.53. The number of hydrogen-bond donors (Lipinski definition) is 3. The Hall–Kier alpha value is -2.16. The van der Waals surface area contributed by atoms with Crippen molar-refractivity contribution in [3.05, 3.63) is 35.1 Å². The minimum absolute atomic E-state index is 0.0661. The van der Waals surface area contributed by atoms with Crippen molar-refractivity contribution in [1.29, 1.82) is 0 Å². The number of benzene rings is 1. The van der Waals surface area contributed by atoms with Crippen molar-refractivity contribution in [1.82, 2.24) is 16.0 Å². The van der Waals surface area contributed by atoms with Crippen LogP contribution in [0.5, 0.6) is 0 Å². The highest BCUT2D eigenvalue weighted by atomic mass is 32.2. The zero-order chi connectivity index (χ0) is 20.6. The summed E-state index contributed by atoms with van der Waals surface area (Å²) < 4.78 is 36.8. The lowest BCUT2D eigenvalue weighted by Gasteiger charge is -2.12. The first kappa shape index (κ1) is 22.1. The van der Waals surface area contributed by atoms with Gasteiger partial charge in [0.25, 0.3) is 0 Å². The molecular weight excluding hydrogens is 383 g/mol. The van der Waals surface area contributed by atoms with Crippen LogP contribution in [0.3, 0.4) is 0 Å². The Bertz CT molecular complexity index is 807. The maximum absolute atomic E-state index is 13.6. The molecule has 0 spiro atoms. The number of aliphatic imine (C=N–C) groups is 1. The molecule has 1 amide bonds. The fourth-order valence-corrected chi connectivity index (χ4v) is 3.50. The van der Waals surface area contributed by atoms with Crippen LogP contribution in [-0.2, 0) is 26.9 Å². The van der Waals surface area contributed by atoms with Crippen LogP contribution in [-0.4, -0.2) is 45.7 Å². The van der Waals surface area contributed by atoms with Gasteiger partial charge >= 0.3 is 0 Å². The predicted octanol–water partition coefficient (Wildman–Crippen LogP) is 1.48. The molecule has 0 aromatic heterocycles. The van der Waals surface area contributed by atoms with E-state index in [1.807, 2.05) is 6.92 Å². The average molecular weight is 413 g/mol. The number of rotatable bonds is 10. The SMILES string of the molecule is CCNC(=NCc1cc(F)ccc1CS(C)(=O)=O)NCCCC(=O)NC1CC1. The van der Waals surface area contributed by atoms with Gasteiger partial charge in [-0.15, -0.1) is 0 Å². The lowest BCUT2D eigenvalue weighted by Crippen LogP contribution is -2.38. The normalized spacial score (nSPS) is 14.6. The number of halogens is 1. The van der Waals surface area contributed by atoms with Gasteiger partial charge in [0, 0.05) is 31.8 Å². The number of carbonyl (C=O) groups is 1. The Balaban J connectivity index is 1.91. The van der Waals surface area contributed by atoms with Gasteiger partial charge in [0.1, 0.15) is 5.82 Å². The van der Waals surface area contributed by atoms with Crippen molar-refractivity contribution >= 4 is 21.7 Å². The summed E-state index contributed by atoms with van der Waals surface area (Å²) in [4.78, 5) is 16.1. The van der Waals surface area contributed by atoms with Gasteiger partial charge < -0.3 is 16.0 Å². The Kier molecular flexibility index (Phi) is 8.22. The third-order valence-electron chi connectivity index (χ3n) is 4.15. The van der Waals surface area contributed by atoms with E-state index in [-0.39, 0.29) is 18.2 Å². The monoisotopic (exact) mass is 412 g/mol. The van der Waals surface area contributed by atoms with E-state index >= 15 is 0 Å². The molecule has 28 heavy (non-hydrogen) atoms. The Morgan fingerprint density at radius 1 is 1.25 bits per heavy atom. The van der Waals surface area contributed by atoms with Crippen LogP contribution < -0.4 is 16.0 Å². The van der Waals surface area contributed by atoms with Gasteiger partial charge in [-0.1, -0.05) is 6.07 Å². The quantitative estimate of drug-likeness (QED) is 0.307. The second kappa shape index (κ2) is 10.4. The van der Waals surface area contributed by atoms with Crippen LogP contribution in [0.2, 0.25) is 0 Å². The Morgan fingerprint density at radius 2 is 2.00 bits per heavy atom. The van der Waals surface area contributed by atoms with E-state index in [2.05, 4.69) is 20.9 Å². The molecule has 9 heteroatoms. The molecule has 0 unspecified atom stereocenters. The van der Waals surface area contributed by atoms with Gasteiger partial charge in [-0.3, -0.25) is 4.79 Å². The summed E-state index contributed by atoms with van der Waals surface area (Å²) in [5.74, 6) is 0.0243. The summed E-state index contributed by atoms with van der Waals surface area (Å²) in [6.07, 6.45) is 4.41. The third-order valence-corrected chi connectivity index (χ3v) is 4.99. The molecule has 1 saturated carbocycles. The smallest absolute Gasteiger partial charge is 0.220 e. The van der Waals surface area contributed by atoms with Gasteiger partial charge in [-0.25, -0.2) is 17.8 Å². The van der Waals surface area contributed by atoms with Crippen LogP contribution >= 0.6 is 0 Å². The summed E-state index contributed by atoms with van der Waals surface area (Å²) in [5, 5.41) is 9.18. The molecule has 1 aliphatic rings. The number of nitrogens with one attached hydrogen (secondary N) is 3. The van der Waals surface area contributed by atoms with Crippen LogP contribution in [0.25, 0.3) is 0 Å². The predicted molar refractivity (Wildman–Crippen MR) is 108 cm³/mol. The van der Waals surface area contributed by atoms with E-state index in [0.29, 0.717) is 49.1 Å². The summed E-state index contributed by atoms with van der Waals surface area (Å²) in [5.41, 5.74) is 1.08. The molecule has 2 rings (SSSR count). The molecule has 1 aliphatic carbocycles. The Morgan fingerprint density at radius 3 is 2.64 bits per heavy atom. The fraction of sp³-hybridized carbons (Fsp3) is 0.579. The standard InChI is InChI=1S/C19H29FN4O3S/c1-3-21-19(22-10-4-5-18(25)24-17-8-9-17)23-12-15-11-16(20)7-6-14(15)13-28(2,26)27/h6-7,11,17H,3-5,8-10,12-13H2,1-2H3,(H,24,25)(H2,21,22,23). The van der Waals surface area contributed by atoms with Crippen molar-refractivity contribution in [3.8, 4) is 0 Å². The average Bonchev–Trinajstić information content (AvgIpc) is 3.41. The molecule has 0 aliphatic heterocycles. The summed E-state index contributed by atoms with van der Waals surface area (Å²) in [6, 6.07) is 4.42. The number of guanidine groups is 1. The number of amides is 1. The van der Waals surface area contributed by atoms with Crippen LogP contribution in [0.4, 0.5) is 4.39 Å². The van der Waals surface area contributed by atoms with Gasteiger partial charge in [0.2, 0.25) is 5.91 Å². The summed E-state index contributed by atoms with van der Waals surface area (Å²) in [6.45, 7) is 3.30. The molecule has 1 fully saturated rings. The Labute approximate surface area is 166 Å². The van der Waals surface area contributed by atoms with Crippen molar-refractivity contribution in [2.24, 2.45) is 4.99 Å². The fourth-order valence-electron chi connectivity index (χ4n) is 2.65. The molecule has 7 nitrogen and oxygen atoms in total. The number of nitrogens with zero attached hydrogens (tertiary/aromatic N) is 1. The van der Waals surface area contributed by atoms with Crippen molar-refractivity contribution < 1.29 is 17.6 Å². The summed E-state index contributed by atoms with van der Waals surface area (Å²) in [7, 11) is -3.23. The first-order valence-corrected chi connectivity index (χ1v) is 11.6. The van der Waals surface area contributed by atoms with E-state index in [9.17, 15) is 17.6 Å². The van der Waals surface area contributed by atoms with Gasteiger partial charge in [0.15, 0.2) is 15.8 Å². The van der Waals surface area contributed by atoms with Crippen molar-refractivity contribution in [3.63, 3.8) is 0 Å². The van der Waals surface area contributed by atoms with E-state index in [1.165, 1.54) is 18.2 Å². The van der Waals surface area contributed by atoms with Gasteiger partial charge in [-0.05, 0) is 49.4 Å². The lowest BCUT2D eigenvalue weighted by atomic mass is 10.1. The first-order chi connectivity index (χ1) is 13.3. The van der Waals surface area contributed by atoms with Crippen LogP contribution in [0.15, 0.2) is 23.2 Å². The molecular formula is C19H29FN4O3S. The minimum atomic E-state index is -3.23. The minimum Gasteiger partial charge on any atom is -0.357 e. The van der Waals surface area contributed by atoms with Crippen molar-refractivity contribution in [2.75, 3.05) is 19.3 Å². The number of carbonyl (C=O) groups excluding carboxylic acids is 1. The van der Waals surface area contributed by atoms with Gasteiger partial charge in [0.05, 0.1) is 12.3 Å². The highest BCUT2D eigenvalue weighted by Crippen LogP contribution is 2.18. The molecule has 1 aromatic rings. The second-order valence-electron chi connectivity index (χ2n) is 7.05. The van der Waals surface area contributed by atoms with E-state index < -0.39 is 15.7 Å². The third kappa shape index (κ3) is 8.69. The van der Waals surface area contributed by atoms with Crippen LogP contribution in [0, 0.1) is 5.82 Å². The molecule has 1 aromatic carbocycles. The number of sulfone groups is 1. The zero-order valence-electron chi connectivity index (χ0n) is 16.4.